The standard InChI is InChI=1S/C13H21NO/c1-10(8-11(2)14-3)12-6-5-7-13(9-12)15-4/h5-7,9-11,14H,8H2,1-4H3. The van der Waals surface area contributed by atoms with Gasteiger partial charge in [0, 0.05) is 6.04 Å². The highest BCUT2D eigenvalue weighted by atomic mass is 16.5. The van der Waals surface area contributed by atoms with Crippen LogP contribution in [0.2, 0.25) is 0 Å². The van der Waals surface area contributed by atoms with Gasteiger partial charge in [-0.3, -0.25) is 0 Å². The fourth-order valence-corrected chi connectivity index (χ4v) is 1.73. The first-order valence-corrected chi connectivity index (χ1v) is 5.48. The summed E-state index contributed by atoms with van der Waals surface area (Å²) < 4.78 is 5.22. The molecule has 1 rings (SSSR count). The largest absolute Gasteiger partial charge is 0.497 e. The molecular formula is C13H21NO. The van der Waals surface area contributed by atoms with Crippen molar-refractivity contribution in [3.8, 4) is 5.75 Å². The Morgan fingerprint density at radius 2 is 2.07 bits per heavy atom. The van der Waals surface area contributed by atoms with Crippen molar-refractivity contribution in [3.05, 3.63) is 29.8 Å². The van der Waals surface area contributed by atoms with Crippen molar-refractivity contribution in [1.29, 1.82) is 0 Å². The maximum Gasteiger partial charge on any atom is 0.119 e. The molecule has 1 aromatic rings. The van der Waals surface area contributed by atoms with Gasteiger partial charge in [-0.05, 0) is 44.0 Å². The number of nitrogens with one attached hydrogen (secondary N) is 1. The molecule has 0 fully saturated rings. The lowest BCUT2D eigenvalue weighted by molar-refractivity contribution is 0.413. The predicted octanol–water partition coefficient (Wildman–Crippen LogP) is 2.80. The number of hydrogen-bond acceptors (Lipinski definition) is 2. The van der Waals surface area contributed by atoms with Crippen molar-refractivity contribution in [1.82, 2.24) is 5.32 Å². The van der Waals surface area contributed by atoms with E-state index in [0.29, 0.717) is 12.0 Å². The summed E-state index contributed by atoms with van der Waals surface area (Å²) in [5.74, 6) is 1.50. The number of methoxy groups -OCH3 is 1. The minimum atomic E-state index is 0.547. The molecule has 0 aliphatic carbocycles. The summed E-state index contributed by atoms with van der Waals surface area (Å²) in [4.78, 5) is 0. The predicted molar refractivity (Wildman–Crippen MR) is 64.5 cm³/mol. The lowest BCUT2D eigenvalue weighted by Gasteiger charge is -2.17. The van der Waals surface area contributed by atoms with Gasteiger partial charge in [-0.15, -0.1) is 0 Å². The smallest absolute Gasteiger partial charge is 0.119 e. The minimum absolute atomic E-state index is 0.547. The molecule has 15 heavy (non-hydrogen) atoms. The third-order valence-corrected chi connectivity index (χ3v) is 2.86. The van der Waals surface area contributed by atoms with Gasteiger partial charge in [-0.2, -0.15) is 0 Å². The van der Waals surface area contributed by atoms with E-state index in [1.54, 1.807) is 7.11 Å². The Bertz CT molecular complexity index is 298. The van der Waals surface area contributed by atoms with E-state index < -0.39 is 0 Å². The molecule has 2 nitrogen and oxygen atoms in total. The van der Waals surface area contributed by atoms with E-state index in [2.05, 4.69) is 37.4 Å². The molecule has 0 aliphatic heterocycles. The summed E-state index contributed by atoms with van der Waals surface area (Å²) in [5, 5.41) is 3.26. The molecule has 1 N–H and O–H groups in total. The molecule has 0 spiro atoms. The van der Waals surface area contributed by atoms with Gasteiger partial charge in [0.05, 0.1) is 7.11 Å². The number of rotatable bonds is 5. The zero-order chi connectivity index (χ0) is 11.3. The molecule has 0 heterocycles. The molecule has 84 valence electrons. The lowest BCUT2D eigenvalue weighted by atomic mass is 9.94. The Labute approximate surface area is 92.6 Å². The first kappa shape index (κ1) is 12.1. The number of hydrogen-bond donors (Lipinski definition) is 1. The van der Waals surface area contributed by atoms with Gasteiger partial charge < -0.3 is 10.1 Å². The van der Waals surface area contributed by atoms with E-state index in [1.807, 2.05) is 13.1 Å². The second-order valence-corrected chi connectivity index (χ2v) is 4.10. The Kier molecular flexibility index (Phi) is 4.63. The highest BCUT2D eigenvalue weighted by Gasteiger charge is 2.09. The average molecular weight is 207 g/mol. The van der Waals surface area contributed by atoms with Crippen molar-refractivity contribution in [2.75, 3.05) is 14.2 Å². The van der Waals surface area contributed by atoms with E-state index in [0.717, 1.165) is 12.2 Å². The van der Waals surface area contributed by atoms with E-state index in [-0.39, 0.29) is 0 Å². The highest BCUT2D eigenvalue weighted by Crippen LogP contribution is 2.23. The van der Waals surface area contributed by atoms with Crippen molar-refractivity contribution in [3.63, 3.8) is 0 Å². The summed E-state index contributed by atoms with van der Waals surface area (Å²) in [5.41, 5.74) is 1.34. The summed E-state index contributed by atoms with van der Waals surface area (Å²) in [6, 6.07) is 8.86. The molecule has 0 bridgehead atoms. The van der Waals surface area contributed by atoms with Crippen molar-refractivity contribution >= 4 is 0 Å². The van der Waals surface area contributed by atoms with Crippen molar-refractivity contribution in [2.45, 2.75) is 32.2 Å². The Hall–Kier alpha value is -1.02. The van der Waals surface area contributed by atoms with Crippen LogP contribution in [0, 0.1) is 0 Å². The molecule has 2 unspecified atom stereocenters. The molecule has 2 heteroatoms. The van der Waals surface area contributed by atoms with Crippen LogP contribution < -0.4 is 10.1 Å². The van der Waals surface area contributed by atoms with Crippen LogP contribution in [0.25, 0.3) is 0 Å². The van der Waals surface area contributed by atoms with Crippen molar-refractivity contribution in [2.24, 2.45) is 0 Å². The van der Waals surface area contributed by atoms with Crippen LogP contribution in [0.1, 0.15) is 31.7 Å². The quantitative estimate of drug-likeness (QED) is 0.801. The first-order valence-electron chi connectivity index (χ1n) is 5.48. The topological polar surface area (TPSA) is 21.3 Å². The number of benzene rings is 1. The fourth-order valence-electron chi connectivity index (χ4n) is 1.73. The van der Waals surface area contributed by atoms with Gasteiger partial charge >= 0.3 is 0 Å². The van der Waals surface area contributed by atoms with Crippen LogP contribution in [-0.4, -0.2) is 20.2 Å². The molecule has 0 radical (unpaired) electrons. The third-order valence-electron chi connectivity index (χ3n) is 2.86. The van der Waals surface area contributed by atoms with Gasteiger partial charge in [-0.25, -0.2) is 0 Å². The third kappa shape index (κ3) is 3.56. The molecule has 0 amide bonds. The minimum Gasteiger partial charge on any atom is -0.497 e. The molecule has 0 saturated heterocycles. The second-order valence-electron chi connectivity index (χ2n) is 4.10. The zero-order valence-corrected chi connectivity index (χ0v) is 10.1. The molecule has 0 aliphatic rings. The second kappa shape index (κ2) is 5.76. The van der Waals surface area contributed by atoms with E-state index in [9.17, 15) is 0 Å². The maximum absolute atomic E-state index is 5.22. The summed E-state index contributed by atoms with van der Waals surface area (Å²) in [6.45, 7) is 4.46. The van der Waals surface area contributed by atoms with Crippen LogP contribution in [0.5, 0.6) is 5.75 Å². The van der Waals surface area contributed by atoms with Crippen LogP contribution in [0.3, 0.4) is 0 Å². The Balaban J connectivity index is 2.68. The molecule has 0 saturated carbocycles. The van der Waals surface area contributed by atoms with Crippen LogP contribution >= 0.6 is 0 Å². The van der Waals surface area contributed by atoms with Gasteiger partial charge in [0.25, 0.3) is 0 Å². The number of ether oxygens (including phenoxy) is 1. The maximum atomic E-state index is 5.22. The summed E-state index contributed by atoms with van der Waals surface area (Å²) >= 11 is 0. The fraction of sp³-hybridized carbons (Fsp3) is 0.538. The van der Waals surface area contributed by atoms with Crippen LogP contribution in [0.4, 0.5) is 0 Å². The van der Waals surface area contributed by atoms with Gasteiger partial charge in [0.2, 0.25) is 0 Å². The van der Waals surface area contributed by atoms with Crippen LogP contribution in [-0.2, 0) is 0 Å². The monoisotopic (exact) mass is 207 g/mol. The normalized spacial score (nSPS) is 14.7. The summed E-state index contributed by atoms with van der Waals surface area (Å²) in [7, 11) is 3.71. The van der Waals surface area contributed by atoms with E-state index in [1.165, 1.54) is 5.56 Å². The first-order chi connectivity index (χ1) is 7.17. The Morgan fingerprint density at radius 1 is 1.33 bits per heavy atom. The lowest BCUT2D eigenvalue weighted by Crippen LogP contribution is -2.22. The zero-order valence-electron chi connectivity index (χ0n) is 10.1. The highest BCUT2D eigenvalue weighted by molar-refractivity contribution is 5.30. The van der Waals surface area contributed by atoms with E-state index >= 15 is 0 Å². The SMILES string of the molecule is CNC(C)CC(C)c1cccc(OC)c1. The molecule has 0 aromatic heterocycles. The average Bonchev–Trinajstić information content (AvgIpc) is 2.28. The van der Waals surface area contributed by atoms with Crippen LogP contribution in [0.15, 0.2) is 24.3 Å². The van der Waals surface area contributed by atoms with Gasteiger partial charge in [-0.1, -0.05) is 19.1 Å². The van der Waals surface area contributed by atoms with E-state index in [4.69, 9.17) is 4.74 Å². The van der Waals surface area contributed by atoms with Crippen molar-refractivity contribution < 1.29 is 4.74 Å². The van der Waals surface area contributed by atoms with Gasteiger partial charge in [0.15, 0.2) is 0 Å². The molecular weight excluding hydrogens is 186 g/mol. The molecule has 2 atom stereocenters. The van der Waals surface area contributed by atoms with Gasteiger partial charge in [0.1, 0.15) is 5.75 Å². The molecule has 1 aromatic carbocycles. The Morgan fingerprint density at radius 3 is 2.67 bits per heavy atom. The summed E-state index contributed by atoms with van der Waals surface area (Å²) in [6.07, 6.45) is 1.14.